The molecule has 5 rings (SSSR count). The predicted octanol–water partition coefficient (Wildman–Crippen LogP) is 7.09. The minimum absolute atomic E-state index is 0.653. The van der Waals surface area contributed by atoms with Crippen LogP contribution >= 0.6 is 15.9 Å². The molecule has 0 unspecified atom stereocenters. The fourth-order valence-electron chi connectivity index (χ4n) is 3.82. The van der Waals surface area contributed by atoms with Crippen molar-refractivity contribution in [3.63, 3.8) is 0 Å². The van der Waals surface area contributed by atoms with E-state index in [1.165, 1.54) is 10.8 Å². The number of benzene rings is 4. The van der Waals surface area contributed by atoms with Crippen LogP contribution in [0.5, 0.6) is 5.75 Å². The first-order chi connectivity index (χ1) is 14.8. The van der Waals surface area contributed by atoms with Crippen molar-refractivity contribution in [1.82, 2.24) is 9.55 Å². The van der Waals surface area contributed by atoms with Crippen LogP contribution in [0.2, 0.25) is 0 Å². The van der Waals surface area contributed by atoms with E-state index in [9.17, 15) is 0 Å². The number of nitrogens with zero attached hydrogens (tertiary/aromatic N) is 2. The third-order valence-corrected chi connectivity index (χ3v) is 5.98. The fourth-order valence-corrected chi connectivity index (χ4v) is 4.28. The zero-order valence-electron chi connectivity index (χ0n) is 16.5. The molecular weight excluding hydrogens is 436 g/mol. The first-order valence-electron chi connectivity index (χ1n) is 10.1. The van der Waals surface area contributed by atoms with Gasteiger partial charge in [-0.25, -0.2) is 4.98 Å². The van der Waals surface area contributed by atoms with Gasteiger partial charge in [-0.05, 0) is 47.5 Å². The molecular formula is C26H21BrN2O. The molecule has 0 aliphatic carbocycles. The van der Waals surface area contributed by atoms with Gasteiger partial charge in [-0.15, -0.1) is 0 Å². The van der Waals surface area contributed by atoms with Crippen molar-refractivity contribution in [3.05, 3.63) is 95.5 Å². The average molecular weight is 457 g/mol. The summed E-state index contributed by atoms with van der Waals surface area (Å²) in [6, 6.07) is 31.1. The van der Waals surface area contributed by atoms with Crippen molar-refractivity contribution in [3.8, 4) is 17.1 Å². The normalized spacial score (nSPS) is 11.2. The van der Waals surface area contributed by atoms with Gasteiger partial charge in [-0.2, -0.15) is 0 Å². The minimum Gasteiger partial charge on any atom is -0.494 e. The van der Waals surface area contributed by atoms with Gasteiger partial charge in [-0.3, -0.25) is 0 Å². The van der Waals surface area contributed by atoms with Crippen LogP contribution in [0.3, 0.4) is 0 Å². The lowest BCUT2D eigenvalue weighted by molar-refractivity contribution is 0.303. The van der Waals surface area contributed by atoms with Crippen LogP contribution in [0.1, 0.15) is 6.42 Å². The molecule has 3 nitrogen and oxygen atoms in total. The lowest BCUT2D eigenvalue weighted by atomic mass is 10.1. The van der Waals surface area contributed by atoms with Crippen molar-refractivity contribution in [2.45, 2.75) is 13.0 Å². The molecule has 0 saturated heterocycles. The van der Waals surface area contributed by atoms with E-state index in [-0.39, 0.29) is 0 Å². The van der Waals surface area contributed by atoms with Crippen LogP contribution in [-0.2, 0) is 6.54 Å². The van der Waals surface area contributed by atoms with E-state index in [2.05, 4.69) is 87.2 Å². The van der Waals surface area contributed by atoms with Crippen LogP contribution in [0.4, 0.5) is 0 Å². The van der Waals surface area contributed by atoms with Crippen molar-refractivity contribution in [1.29, 1.82) is 0 Å². The summed E-state index contributed by atoms with van der Waals surface area (Å²) in [5.41, 5.74) is 3.26. The zero-order chi connectivity index (χ0) is 20.3. The van der Waals surface area contributed by atoms with Gasteiger partial charge in [0.15, 0.2) is 0 Å². The molecule has 0 atom stereocenters. The van der Waals surface area contributed by atoms with Crippen LogP contribution in [0.15, 0.2) is 95.5 Å². The molecule has 0 radical (unpaired) electrons. The molecule has 5 aromatic rings. The molecule has 0 fully saturated rings. The van der Waals surface area contributed by atoms with E-state index in [1.807, 2.05) is 24.3 Å². The molecule has 0 N–H and O–H groups in total. The van der Waals surface area contributed by atoms with E-state index in [0.29, 0.717) is 6.61 Å². The summed E-state index contributed by atoms with van der Waals surface area (Å²) in [6.07, 6.45) is 0.893. The molecule has 4 heteroatoms. The van der Waals surface area contributed by atoms with Gasteiger partial charge in [0.2, 0.25) is 0 Å². The molecule has 4 aromatic carbocycles. The first-order valence-corrected chi connectivity index (χ1v) is 10.9. The second-order valence-corrected chi connectivity index (χ2v) is 8.12. The van der Waals surface area contributed by atoms with Crippen LogP contribution in [0.25, 0.3) is 33.2 Å². The molecule has 0 aliphatic heterocycles. The van der Waals surface area contributed by atoms with Crippen molar-refractivity contribution < 1.29 is 4.74 Å². The van der Waals surface area contributed by atoms with E-state index in [1.54, 1.807) is 0 Å². The number of aromatic nitrogens is 2. The number of hydrogen-bond donors (Lipinski definition) is 0. The lowest BCUT2D eigenvalue weighted by Gasteiger charge is -2.12. The summed E-state index contributed by atoms with van der Waals surface area (Å²) < 4.78 is 9.39. The summed E-state index contributed by atoms with van der Waals surface area (Å²) in [6.45, 7) is 1.49. The molecule has 148 valence electrons. The SMILES string of the molecule is Brc1ccccc1-c1nc2ccccc2n1CCCOc1ccc2ccccc2c1. The van der Waals surface area contributed by atoms with Crippen molar-refractivity contribution >= 4 is 37.7 Å². The van der Waals surface area contributed by atoms with Gasteiger partial charge in [0.05, 0.1) is 17.6 Å². The highest BCUT2D eigenvalue weighted by atomic mass is 79.9. The highest BCUT2D eigenvalue weighted by Gasteiger charge is 2.14. The van der Waals surface area contributed by atoms with Crippen LogP contribution in [0, 0.1) is 0 Å². The third kappa shape index (κ3) is 3.71. The number of para-hydroxylation sites is 2. The highest BCUT2D eigenvalue weighted by Crippen LogP contribution is 2.30. The highest BCUT2D eigenvalue weighted by molar-refractivity contribution is 9.10. The maximum atomic E-state index is 6.05. The number of fused-ring (bicyclic) bond motifs is 2. The number of aryl methyl sites for hydroxylation is 1. The smallest absolute Gasteiger partial charge is 0.142 e. The molecule has 0 aliphatic rings. The summed E-state index contributed by atoms with van der Waals surface area (Å²) in [7, 11) is 0. The van der Waals surface area contributed by atoms with Crippen molar-refractivity contribution in [2.75, 3.05) is 6.61 Å². The fraction of sp³-hybridized carbons (Fsp3) is 0.115. The number of halogens is 1. The second kappa shape index (κ2) is 8.33. The van der Waals surface area contributed by atoms with Gasteiger partial charge < -0.3 is 9.30 Å². The summed E-state index contributed by atoms with van der Waals surface area (Å²) in [5, 5.41) is 2.43. The monoisotopic (exact) mass is 456 g/mol. The topological polar surface area (TPSA) is 27.1 Å². The molecule has 30 heavy (non-hydrogen) atoms. The van der Waals surface area contributed by atoms with Crippen molar-refractivity contribution in [2.24, 2.45) is 0 Å². The Morgan fingerprint density at radius 3 is 2.47 bits per heavy atom. The maximum absolute atomic E-state index is 6.05. The Kier molecular flexibility index (Phi) is 5.24. The zero-order valence-corrected chi connectivity index (χ0v) is 18.0. The summed E-state index contributed by atoms with van der Waals surface area (Å²) in [4.78, 5) is 4.91. The van der Waals surface area contributed by atoms with Gasteiger partial charge in [0.1, 0.15) is 11.6 Å². The molecule has 1 heterocycles. The molecule has 0 saturated carbocycles. The third-order valence-electron chi connectivity index (χ3n) is 5.29. The summed E-state index contributed by atoms with van der Waals surface area (Å²) >= 11 is 3.68. The van der Waals surface area contributed by atoms with E-state index in [0.717, 1.165) is 45.6 Å². The quantitative estimate of drug-likeness (QED) is 0.255. The molecule has 1 aromatic heterocycles. The Balaban J connectivity index is 1.36. The van der Waals surface area contributed by atoms with Gasteiger partial charge >= 0.3 is 0 Å². The van der Waals surface area contributed by atoms with Crippen LogP contribution < -0.4 is 4.74 Å². The molecule has 0 bridgehead atoms. The summed E-state index contributed by atoms with van der Waals surface area (Å²) in [5.74, 6) is 1.89. The molecule has 0 spiro atoms. The minimum atomic E-state index is 0.653. The number of hydrogen-bond acceptors (Lipinski definition) is 2. The second-order valence-electron chi connectivity index (χ2n) is 7.27. The maximum Gasteiger partial charge on any atom is 0.142 e. The number of rotatable bonds is 6. The Labute approximate surface area is 184 Å². The van der Waals surface area contributed by atoms with E-state index in [4.69, 9.17) is 9.72 Å². The average Bonchev–Trinajstić information content (AvgIpc) is 3.15. The molecule has 0 amide bonds. The largest absolute Gasteiger partial charge is 0.494 e. The standard InChI is InChI=1S/C26H21BrN2O/c27-23-11-4-3-10-22(23)26-28-24-12-5-6-13-25(24)29(26)16-7-17-30-21-15-14-19-8-1-2-9-20(19)18-21/h1-6,8-15,18H,7,16-17H2. The number of imidazole rings is 1. The first kappa shape index (κ1) is 18.9. The Morgan fingerprint density at radius 2 is 1.57 bits per heavy atom. The van der Waals surface area contributed by atoms with Gasteiger partial charge in [-0.1, -0.05) is 76.6 Å². The van der Waals surface area contributed by atoms with E-state index >= 15 is 0 Å². The van der Waals surface area contributed by atoms with Gasteiger partial charge in [0.25, 0.3) is 0 Å². The van der Waals surface area contributed by atoms with E-state index < -0.39 is 0 Å². The Hall–Kier alpha value is -3.11. The van der Waals surface area contributed by atoms with Crippen LogP contribution in [-0.4, -0.2) is 16.2 Å². The number of ether oxygens (including phenoxy) is 1. The van der Waals surface area contributed by atoms with Gasteiger partial charge in [0, 0.05) is 16.6 Å². The Bertz CT molecular complexity index is 1330. The lowest BCUT2D eigenvalue weighted by Crippen LogP contribution is -2.06. The predicted molar refractivity (Wildman–Crippen MR) is 127 cm³/mol. The Morgan fingerprint density at radius 1 is 0.800 bits per heavy atom.